The molecule has 1 aromatic carbocycles. The maximum Gasteiger partial charge on any atom is 0.292 e. The first kappa shape index (κ1) is 16.2. The smallest absolute Gasteiger partial charge is 0.292 e. The van der Waals surface area contributed by atoms with Gasteiger partial charge in [-0.25, -0.2) is 4.98 Å². The number of carbonyl (C=O) groups is 1. The first-order chi connectivity index (χ1) is 11.0. The molecule has 2 rings (SSSR count). The molecule has 0 aliphatic carbocycles. The second kappa shape index (κ2) is 7.21. The molecule has 1 heterocycles. The molecule has 2 aromatic rings. The maximum atomic E-state index is 12.2. The van der Waals surface area contributed by atoms with Gasteiger partial charge in [0.2, 0.25) is 11.8 Å². The Morgan fingerprint density at radius 3 is 2.65 bits per heavy atom. The van der Waals surface area contributed by atoms with E-state index in [9.17, 15) is 14.9 Å². The van der Waals surface area contributed by atoms with Crippen molar-refractivity contribution in [3.05, 3.63) is 52.7 Å². The van der Waals surface area contributed by atoms with Gasteiger partial charge in [0.25, 0.3) is 5.69 Å². The van der Waals surface area contributed by atoms with Crippen LogP contribution >= 0.6 is 0 Å². The molecule has 0 spiro atoms. The minimum Gasteiger partial charge on any atom is -0.481 e. The fourth-order valence-corrected chi connectivity index (χ4v) is 1.88. The second-order valence-corrected chi connectivity index (χ2v) is 4.72. The van der Waals surface area contributed by atoms with E-state index < -0.39 is 16.9 Å². The zero-order chi connectivity index (χ0) is 16.8. The fraction of sp³-hybridized carbons (Fsp3) is 0.200. The number of benzene rings is 1. The summed E-state index contributed by atoms with van der Waals surface area (Å²) in [6.07, 6.45) is 1.54. The first-order valence-electron chi connectivity index (χ1n) is 6.82. The lowest BCUT2D eigenvalue weighted by molar-refractivity contribution is -0.383. The Morgan fingerprint density at radius 1 is 1.30 bits per heavy atom. The molecule has 8 nitrogen and oxygen atoms in total. The van der Waals surface area contributed by atoms with Crippen LogP contribution in [0.4, 0.5) is 17.1 Å². The minimum absolute atomic E-state index is 0.154. The maximum absolute atomic E-state index is 12.2. The van der Waals surface area contributed by atoms with Gasteiger partial charge in [-0.3, -0.25) is 14.9 Å². The standard InChI is InChI=1S/C15H16N4O4/c1-10(17-11-7-8-14(23-2)16-9-11)15(20)18-12-5-3-4-6-13(12)19(21)22/h3-10,17H,1-2H3,(H,18,20). The molecule has 8 heteroatoms. The Bertz CT molecular complexity index is 703. The lowest BCUT2D eigenvalue weighted by Gasteiger charge is -2.15. The lowest BCUT2D eigenvalue weighted by atomic mass is 10.2. The number of nitrogens with zero attached hydrogens (tertiary/aromatic N) is 2. The number of para-hydroxylation sites is 2. The molecular weight excluding hydrogens is 300 g/mol. The van der Waals surface area contributed by atoms with Crippen molar-refractivity contribution in [1.82, 2.24) is 4.98 Å². The highest BCUT2D eigenvalue weighted by Crippen LogP contribution is 2.23. The van der Waals surface area contributed by atoms with Gasteiger partial charge >= 0.3 is 0 Å². The zero-order valence-electron chi connectivity index (χ0n) is 12.6. The summed E-state index contributed by atoms with van der Waals surface area (Å²) in [6, 6.07) is 8.76. The van der Waals surface area contributed by atoms with Gasteiger partial charge in [0.1, 0.15) is 11.7 Å². The SMILES string of the molecule is COc1ccc(NC(C)C(=O)Nc2ccccc2[N+](=O)[O-])cn1. The Kier molecular flexibility index (Phi) is 5.08. The number of methoxy groups -OCH3 is 1. The van der Waals surface area contributed by atoms with E-state index >= 15 is 0 Å². The van der Waals surface area contributed by atoms with Crippen LogP contribution < -0.4 is 15.4 Å². The van der Waals surface area contributed by atoms with E-state index in [4.69, 9.17) is 4.74 Å². The second-order valence-electron chi connectivity index (χ2n) is 4.72. The van der Waals surface area contributed by atoms with E-state index in [1.807, 2.05) is 0 Å². The van der Waals surface area contributed by atoms with Crippen LogP contribution in [0.1, 0.15) is 6.92 Å². The molecule has 1 aromatic heterocycles. The van der Waals surface area contributed by atoms with Crippen LogP contribution in [0.5, 0.6) is 5.88 Å². The van der Waals surface area contributed by atoms with Crippen molar-refractivity contribution in [1.29, 1.82) is 0 Å². The molecule has 0 aliphatic rings. The Hall–Kier alpha value is -3.16. The van der Waals surface area contributed by atoms with Gasteiger partial charge in [-0.1, -0.05) is 12.1 Å². The molecular formula is C15H16N4O4. The largest absolute Gasteiger partial charge is 0.481 e. The minimum atomic E-state index is -0.606. The number of pyridine rings is 1. The summed E-state index contributed by atoms with van der Waals surface area (Å²) < 4.78 is 4.95. The highest BCUT2D eigenvalue weighted by Gasteiger charge is 2.18. The average Bonchev–Trinajstić information content (AvgIpc) is 2.55. The third-order valence-electron chi connectivity index (χ3n) is 3.08. The summed E-state index contributed by atoms with van der Waals surface area (Å²) in [6.45, 7) is 1.65. The molecule has 1 atom stereocenters. The van der Waals surface area contributed by atoms with E-state index in [1.165, 1.54) is 25.4 Å². The number of nitro groups is 1. The molecule has 120 valence electrons. The van der Waals surface area contributed by atoms with Crippen LogP contribution in [0.15, 0.2) is 42.6 Å². The number of aromatic nitrogens is 1. The van der Waals surface area contributed by atoms with Gasteiger partial charge in [-0.05, 0) is 19.1 Å². The summed E-state index contributed by atoms with van der Waals surface area (Å²) in [5.41, 5.74) is 0.638. The Balaban J connectivity index is 2.04. The zero-order valence-corrected chi connectivity index (χ0v) is 12.6. The number of carbonyl (C=O) groups excluding carboxylic acids is 1. The molecule has 0 bridgehead atoms. The van der Waals surface area contributed by atoms with Crippen molar-refractivity contribution in [3.63, 3.8) is 0 Å². The molecule has 0 saturated heterocycles. The number of hydrogen-bond acceptors (Lipinski definition) is 6. The van der Waals surface area contributed by atoms with Crippen LogP contribution in [0.2, 0.25) is 0 Å². The van der Waals surface area contributed by atoms with Crippen LogP contribution in [0.3, 0.4) is 0 Å². The predicted molar refractivity (Wildman–Crippen MR) is 85.6 cm³/mol. The van der Waals surface area contributed by atoms with E-state index in [0.29, 0.717) is 11.6 Å². The van der Waals surface area contributed by atoms with Crippen molar-refractivity contribution >= 4 is 23.0 Å². The third-order valence-corrected chi connectivity index (χ3v) is 3.08. The van der Waals surface area contributed by atoms with Crippen molar-refractivity contribution in [2.75, 3.05) is 17.7 Å². The highest BCUT2D eigenvalue weighted by molar-refractivity contribution is 5.97. The number of amides is 1. The number of rotatable bonds is 6. The Labute approximate surface area is 132 Å². The molecule has 0 radical (unpaired) electrons. The van der Waals surface area contributed by atoms with Crippen LogP contribution in [-0.2, 0) is 4.79 Å². The van der Waals surface area contributed by atoms with Gasteiger partial charge in [-0.15, -0.1) is 0 Å². The van der Waals surface area contributed by atoms with E-state index in [1.54, 1.807) is 31.2 Å². The number of nitrogens with one attached hydrogen (secondary N) is 2. The van der Waals surface area contributed by atoms with E-state index in [2.05, 4.69) is 15.6 Å². The normalized spacial score (nSPS) is 11.4. The molecule has 1 amide bonds. The van der Waals surface area contributed by atoms with E-state index in [-0.39, 0.29) is 11.4 Å². The summed E-state index contributed by atoms with van der Waals surface area (Å²) in [4.78, 5) is 26.6. The summed E-state index contributed by atoms with van der Waals surface area (Å²) in [5, 5.41) is 16.5. The van der Waals surface area contributed by atoms with Crippen molar-refractivity contribution < 1.29 is 14.5 Å². The lowest BCUT2D eigenvalue weighted by Crippen LogP contribution is -2.32. The monoisotopic (exact) mass is 316 g/mol. The molecule has 0 saturated carbocycles. The molecule has 23 heavy (non-hydrogen) atoms. The summed E-state index contributed by atoms with van der Waals surface area (Å²) >= 11 is 0. The first-order valence-corrected chi connectivity index (χ1v) is 6.82. The van der Waals surface area contributed by atoms with Gasteiger partial charge in [0, 0.05) is 12.1 Å². The molecule has 0 aliphatic heterocycles. The highest BCUT2D eigenvalue weighted by atomic mass is 16.6. The summed E-state index contributed by atoms with van der Waals surface area (Å²) in [5.74, 6) is 0.0719. The molecule has 0 fully saturated rings. The van der Waals surface area contributed by atoms with Crippen LogP contribution in [0.25, 0.3) is 0 Å². The van der Waals surface area contributed by atoms with Gasteiger partial charge in [0.05, 0.1) is 23.9 Å². The van der Waals surface area contributed by atoms with Gasteiger partial charge in [0.15, 0.2) is 0 Å². The third kappa shape index (κ3) is 4.16. The van der Waals surface area contributed by atoms with Crippen molar-refractivity contribution in [3.8, 4) is 5.88 Å². The predicted octanol–water partition coefficient (Wildman–Crippen LogP) is 2.44. The van der Waals surface area contributed by atoms with Crippen molar-refractivity contribution in [2.45, 2.75) is 13.0 Å². The van der Waals surface area contributed by atoms with E-state index in [0.717, 1.165) is 0 Å². The number of nitro benzene ring substituents is 1. The fourth-order valence-electron chi connectivity index (χ4n) is 1.88. The summed E-state index contributed by atoms with van der Waals surface area (Å²) in [7, 11) is 1.51. The number of anilines is 2. The average molecular weight is 316 g/mol. The van der Waals surface area contributed by atoms with Gasteiger partial charge < -0.3 is 15.4 Å². The number of ether oxygens (including phenoxy) is 1. The quantitative estimate of drug-likeness (QED) is 0.626. The molecule has 1 unspecified atom stereocenters. The Morgan fingerprint density at radius 2 is 2.04 bits per heavy atom. The van der Waals surface area contributed by atoms with Crippen LogP contribution in [0, 0.1) is 10.1 Å². The van der Waals surface area contributed by atoms with Crippen molar-refractivity contribution in [2.24, 2.45) is 0 Å². The molecule has 2 N–H and O–H groups in total. The number of hydrogen-bond donors (Lipinski definition) is 2. The van der Waals surface area contributed by atoms with Gasteiger partial charge in [-0.2, -0.15) is 0 Å². The van der Waals surface area contributed by atoms with Crippen LogP contribution in [-0.4, -0.2) is 29.0 Å². The topological polar surface area (TPSA) is 106 Å².